The Morgan fingerprint density at radius 1 is 1.03 bits per heavy atom. The predicted octanol–water partition coefficient (Wildman–Crippen LogP) is 4.22. The number of hydrogen-bond donors (Lipinski definition) is 2. The summed E-state index contributed by atoms with van der Waals surface area (Å²) < 4.78 is 10.8. The Kier molecular flexibility index (Phi) is 5.31. The first-order chi connectivity index (χ1) is 14.8. The van der Waals surface area contributed by atoms with E-state index in [0.717, 1.165) is 0 Å². The highest BCUT2D eigenvalue weighted by atomic mass is 35.5. The number of ether oxygens (including phenoxy) is 1. The standard InChI is InChI=1S/C22H13Cl2NO6/c23-14-5-12-18(7-16(14)26)31-19-8-17(27)15(24)6-13(19)21(12)10-3-1-2-4-11(10)22(29)30-9-20(25)28/h1-8,26H,9H2,(H2,25,28). The topological polar surface area (TPSA) is 120 Å². The van der Waals surface area contributed by atoms with Crippen molar-refractivity contribution in [2.45, 2.75) is 0 Å². The molecule has 0 spiro atoms. The van der Waals surface area contributed by atoms with Crippen LogP contribution in [0.3, 0.4) is 0 Å². The Bertz CT molecular complexity index is 1400. The van der Waals surface area contributed by atoms with Gasteiger partial charge < -0.3 is 20.0 Å². The number of primary amides is 1. The molecule has 156 valence electrons. The number of carbonyl (C=O) groups is 2. The lowest BCUT2D eigenvalue weighted by Gasteiger charge is -2.18. The van der Waals surface area contributed by atoms with Crippen LogP contribution in [0.2, 0.25) is 10.0 Å². The molecule has 0 fully saturated rings. The first kappa shape index (κ1) is 20.7. The van der Waals surface area contributed by atoms with Crippen molar-refractivity contribution in [3.05, 3.63) is 74.4 Å². The Hall–Kier alpha value is -3.55. The lowest BCUT2D eigenvalue weighted by molar-refractivity contribution is -0.121. The van der Waals surface area contributed by atoms with Crippen molar-refractivity contribution in [3.63, 3.8) is 0 Å². The van der Waals surface area contributed by atoms with E-state index in [1.807, 2.05) is 0 Å². The molecule has 1 aliphatic heterocycles. The molecule has 2 aromatic rings. The first-order valence-electron chi connectivity index (χ1n) is 8.89. The van der Waals surface area contributed by atoms with Gasteiger partial charge in [0.2, 0.25) is 5.43 Å². The number of aromatic hydroxyl groups is 1. The number of benzene rings is 3. The van der Waals surface area contributed by atoms with E-state index >= 15 is 0 Å². The molecule has 2 aliphatic rings. The minimum absolute atomic E-state index is 0.0399. The maximum Gasteiger partial charge on any atom is 0.339 e. The summed E-state index contributed by atoms with van der Waals surface area (Å²) in [4.78, 5) is 35.8. The van der Waals surface area contributed by atoms with Gasteiger partial charge in [0.1, 0.15) is 17.1 Å². The molecular formula is C22H13Cl2NO6. The molecule has 0 unspecified atom stereocenters. The lowest BCUT2D eigenvalue weighted by Crippen LogP contribution is -2.21. The highest BCUT2D eigenvalue weighted by Gasteiger charge is 2.24. The number of phenols is 1. The number of halogens is 2. The van der Waals surface area contributed by atoms with Crippen molar-refractivity contribution < 1.29 is 23.8 Å². The Balaban J connectivity index is 2.09. The number of phenolic OH excluding ortho intramolecular Hbond substituents is 1. The van der Waals surface area contributed by atoms with E-state index in [1.165, 1.54) is 30.3 Å². The zero-order chi connectivity index (χ0) is 22.3. The molecule has 0 radical (unpaired) electrons. The van der Waals surface area contributed by atoms with Gasteiger partial charge in [-0.1, -0.05) is 41.4 Å². The van der Waals surface area contributed by atoms with Crippen LogP contribution >= 0.6 is 23.2 Å². The molecular weight excluding hydrogens is 445 g/mol. The van der Waals surface area contributed by atoms with Gasteiger partial charge in [0.05, 0.1) is 15.6 Å². The average molecular weight is 458 g/mol. The summed E-state index contributed by atoms with van der Waals surface area (Å²) in [6, 6.07) is 12.0. The average Bonchev–Trinajstić information content (AvgIpc) is 2.73. The summed E-state index contributed by atoms with van der Waals surface area (Å²) in [5.41, 5.74) is 6.32. The summed E-state index contributed by atoms with van der Waals surface area (Å²) in [6.07, 6.45) is 0. The highest BCUT2D eigenvalue weighted by molar-refractivity contribution is 6.33. The van der Waals surface area contributed by atoms with E-state index in [9.17, 15) is 19.5 Å². The first-order valence-corrected chi connectivity index (χ1v) is 9.65. The quantitative estimate of drug-likeness (QED) is 0.349. The van der Waals surface area contributed by atoms with Crippen LogP contribution < -0.4 is 11.2 Å². The second kappa shape index (κ2) is 7.94. The van der Waals surface area contributed by atoms with Crippen molar-refractivity contribution in [1.29, 1.82) is 0 Å². The van der Waals surface area contributed by atoms with Gasteiger partial charge >= 0.3 is 5.97 Å². The maximum atomic E-state index is 12.7. The highest BCUT2D eigenvalue weighted by Crippen LogP contribution is 2.44. The second-order valence-electron chi connectivity index (χ2n) is 6.64. The largest absolute Gasteiger partial charge is 0.506 e. The molecule has 0 saturated carbocycles. The Morgan fingerprint density at radius 2 is 1.77 bits per heavy atom. The molecule has 7 nitrogen and oxygen atoms in total. The Labute approximate surface area is 184 Å². The molecule has 3 N–H and O–H groups in total. The summed E-state index contributed by atoms with van der Waals surface area (Å²) >= 11 is 12.2. The molecule has 2 aromatic carbocycles. The van der Waals surface area contributed by atoms with E-state index < -0.39 is 23.9 Å². The van der Waals surface area contributed by atoms with Crippen LogP contribution in [0.5, 0.6) is 5.75 Å². The summed E-state index contributed by atoms with van der Waals surface area (Å²) in [6.45, 7) is -0.580. The van der Waals surface area contributed by atoms with E-state index in [4.69, 9.17) is 38.1 Å². The van der Waals surface area contributed by atoms with Crippen molar-refractivity contribution >= 4 is 46.0 Å². The van der Waals surface area contributed by atoms with Crippen LogP contribution in [0.15, 0.2) is 57.7 Å². The van der Waals surface area contributed by atoms with Gasteiger partial charge in [-0.05, 0) is 23.8 Å². The van der Waals surface area contributed by atoms with Gasteiger partial charge in [-0.3, -0.25) is 9.59 Å². The third kappa shape index (κ3) is 3.81. The lowest BCUT2D eigenvalue weighted by atomic mass is 9.91. The predicted molar refractivity (Wildman–Crippen MR) is 116 cm³/mol. The molecule has 31 heavy (non-hydrogen) atoms. The van der Waals surface area contributed by atoms with E-state index in [-0.39, 0.29) is 32.7 Å². The van der Waals surface area contributed by atoms with Crippen molar-refractivity contribution in [2.75, 3.05) is 6.61 Å². The van der Waals surface area contributed by atoms with Crippen LogP contribution in [-0.2, 0) is 9.53 Å². The van der Waals surface area contributed by atoms with Gasteiger partial charge in [0, 0.05) is 28.6 Å². The van der Waals surface area contributed by atoms with Gasteiger partial charge in [-0.25, -0.2) is 4.79 Å². The molecule has 1 heterocycles. The third-order valence-electron chi connectivity index (χ3n) is 4.60. The van der Waals surface area contributed by atoms with E-state index in [2.05, 4.69) is 0 Å². The number of nitrogens with two attached hydrogens (primary N) is 1. The number of esters is 1. The number of fused-ring (bicyclic) bond motifs is 2. The smallest absolute Gasteiger partial charge is 0.339 e. The molecule has 1 amide bonds. The molecule has 0 saturated heterocycles. The van der Waals surface area contributed by atoms with Crippen LogP contribution in [0, 0.1) is 0 Å². The fourth-order valence-corrected chi connectivity index (χ4v) is 3.61. The normalized spacial score (nSPS) is 11.0. The fourth-order valence-electron chi connectivity index (χ4n) is 3.28. The van der Waals surface area contributed by atoms with Crippen LogP contribution in [-0.4, -0.2) is 23.6 Å². The van der Waals surface area contributed by atoms with Gasteiger partial charge in [-0.2, -0.15) is 0 Å². The monoisotopic (exact) mass is 457 g/mol. The van der Waals surface area contributed by atoms with Gasteiger partial charge in [-0.15, -0.1) is 0 Å². The molecule has 0 bridgehead atoms. The summed E-state index contributed by atoms with van der Waals surface area (Å²) in [5, 5.41) is 10.5. The molecule has 0 atom stereocenters. The van der Waals surface area contributed by atoms with Crippen LogP contribution in [0.1, 0.15) is 10.4 Å². The van der Waals surface area contributed by atoms with Crippen molar-refractivity contribution in [2.24, 2.45) is 5.73 Å². The van der Waals surface area contributed by atoms with Crippen LogP contribution in [0.4, 0.5) is 0 Å². The number of amides is 1. The molecule has 9 heteroatoms. The molecule has 0 aromatic heterocycles. The number of carbonyl (C=O) groups excluding carboxylic acids is 2. The fraction of sp³-hybridized carbons (Fsp3) is 0.0455. The van der Waals surface area contributed by atoms with E-state index in [0.29, 0.717) is 22.1 Å². The van der Waals surface area contributed by atoms with Crippen molar-refractivity contribution in [3.8, 4) is 28.2 Å². The van der Waals surface area contributed by atoms with Gasteiger partial charge in [0.25, 0.3) is 5.91 Å². The second-order valence-corrected chi connectivity index (χ2v) is 7.46. The SMILES string of the molecule is NC(=O)COC(=O)c1ccccc1-c1c2cc(Cl)c(=O)cc-2oc2cc(O)c(Cl)cc12. The minimum Gasteiger partial charge on any atom is -0.506 e. The Morgan fingerprint density at radius 3 is 2.52 bits per heavy atom. The zero-order valence-corrected chi connectivity index (χ0v) is 17.2. The van der Waals surface area contributed by atoms with Gasteiger partial charge in [0.15, 0.2) is 6.61 Å². The zero-order valence-electron chi connectivity index (χ0n) is 15.6. The van der Waals surface area contributed by atoms with Crippen LogP contribution in [0.25, 0.3) is 33.4 Å². The number of hydrogen-bond acceptors (Lipinski definition) is 6. The van der Waals surface area contributed by atoms with E-state index in [1.54, 1.807) is 18.2 Å². The molecule has 4 rings (SSSR count). The van der Waals surface area contributed by atoms with Crippen molar-refractivity contribution in [1.82, 2.24) is 0 Å². The summed E-state index contributed by atoms with van der Waals surface area (Å²) in [5.74, 6) is -1.59. The number of rotatable bonds is 4. The maximum absolute atomic E-state index is 12.7. The minimum atomic E-state index is -0.794. The third-order valence-corrected chi connectivity index (χ3v) is 5.20. The molecule has 1 aliphatic carbocycles. The summed E-state index contributed by atoms with van der Waals surface area (Å²) in [7, 11) is 0.